The summed E-state index contributed by atoms with van der Waals surface area (Å²) in [7, 11) is 1.81. The van der Waals surface area contributed by atoms with E-state index in [9.17, 15) is 0 Å². The smallest absolute Gasteiger partial charge is 0.191 e. The van der Waals surface area contributed by atoms with Gasteiger partial charge < -0.3 is 20.1 Å². The molecule has 2 atom stereocenters. The molecule has 1 aromatic carbocycles. The summed E-state index contributed by atoms with van der Waals surface area (Å²) in [4.78, 5) is 6.89. The van der Waals surface area contributed by atoms with Crippen LogP contribution in [-0.4, -0.2) is 62.8 Å². The van der Waals surface area contributed by atoms with Crippen LogP contribution in [0.15, 0.2) is 29.3 Å². The van der Waals surface area contributed by atoms with Crippen LogP contribution < -0.4 is 20.1 Å². The molecule has 138 valence electrons. The Balaban J connectivity index is 1.44. The van der Waals surface area contributed by atoms with E-state index in [4.69, 9.17) is 9.47 Å². The number of fused-ring (bicyclic) bond motifs is 1. The highest BCUT2D eigenvalue weighted by atomic mass is 16.6. The van der Waals surface area contributed by atoms with Crippen molar-refractivity contribution in [2.24, 2.45) is 4.99 Å². The number of nitrogens with zero attached hydrogens (tertiary/aromatic N) is 2. The molecule has 1 saturated heterocycles. The Morgan fingerprint density at radius 3 is 2.80 bits per heavy atom. The minimum Gasteiger partial charge on any atom is -0.486 e. The van der Waals surface area contributed by atoms with Crippen LogP contribution in [0.1, 0.15) is 26.2 Å². The summed E-state index contributed by atoms with van der Waals surface area (Å²) in [5.74, 6) is 2.45. The molecule has 3 rings (SSSR count). The lowest BCUT2D eigenvalue weighted by molar-refractivity contribution is 0.0935. The molecule has 2 aliphatic heterocycles. The number of para-hydroxylation sites is 2. The number of hydrogen-bond donors (Lipinski definition) is 2. The minimum atomic E-state index is -0.0183. The molecule has 0 spiro atoms. The van der Waals surface area contributed by atoms with Gasteiger partial charge in [0.05, 0.1) is 6.54 Å². The molecule has 1 fully saturated rings. The van der Waals surface area contributed by atoms with Gasteiger partial charge in [-0.05, 0) is 38.1 Å². The molecule has 0 radical (unpaired) electrons. The maximum atomic E-state index is 5.98. The third kappa shape index (κ3) is 4.78. The first-order chi connectivity index (χ1) is 12.3. The number of likely N-dealkylation sites (N-methyl/N-ethyl adjacent to an activating group) is 1. The van der Waals surface area contributed by atoms with E-state index >= 15 is 0 Å². The molecule has 6 heteroatoms. The summed E-state index contributed by atoms with van der Waals surface area (Å²) in [6, 6.07) is 8.39. The number of rotatable bonds is 5. The van der Waals surface area contributed by atoms with Gasteiger partial charge in [0.1, 0.15) is 12.7 Å². The summed E-state index contributed by atoms with van der Waals surface area (Å²) >= 11 is 0. The fourth-order valence-corrected chi connectivity index (χ4v) is 3.52. The van der Waals surface area contributed by atoms with Gasteiger partial charge in [0.2, 0.25) is 0 Å². The first-order valence-corrected chi connectivity index (χ1v) is 9.37. The molecular formula is C19H30N4O2. The van der Waals surface area contributed by atoms with E-state index < -0.39 is 0 Å². The Hall–Kier alpha value is -1.95. The lowest BCUT2D eigenvalue weighted by atomic mass is 10.0. The molecule has 0 aliphatic carbocycles. The van der Waals surface area contributed by atoms with E-state index in [2.05, 4.69) is 27.4 Å². The van der Waals surface area contributed by atoms with E-state index in [0.717, 1.165) is 30.5 Å². The normalized spacial score (nSPS) is 24.0. The lowest BCUT2D eigenvalue weighted by Crippen LogP contribution is -2.50. The van der Waals surface area contributed by atoms with E-state index in [1.807, 2.05) is 24.3 Å². The quantitative estimate of drug-likeness (QED) is 0.630. The average molecular weight is 346 g/mol. The van der Waals surface area contributed by atoms with Gasteiger partial charge in [-0.2, -0.15) is 0 Å². The van der Waals surface area contributed by atoms with Crippen molar-refractivity contribution in [3.8, 4) is 11.5 Å². The summed E-state index contributed by atoms with van der Waals surface area (Å²) < 4.78 is 11.7. The highest BCUT2D eigenvalue weighted by Crippen LogP contribution is 2.30. The van der Waals surface area contributed by atoms with Crippen molar-refractivity contribution in [1.29, 1.82) is 0 Å². The topological polar surface area (TPSA) is 58.1 Å². The van der Waals surface area contributed by atoms with Crippen LogP contribution in [-0.2, 0) is 0 Å². The van der Waals surface area contributed by atoms with E-state index in [0.29, 0.717) is 19.2 Å². The van der Waals surface area contributed by atoms with Crippen molar-refractivity contribution in [2.75, 3.05) is 39.8 Å². The molecule has 0 amide bonds. The van der Waals surface area contributed by atoms with Crippen molar-refractivity contribution in [3.63, 3.8) is 0 Å². The number of benzene rings is 1. The minimum absolute atomic E-state index is 0.0183. The molecule has 0 saturated carbocycles. The lowest BCUT2D eigenvalue weighted by Gasteiger charge is -2.35. The Labute approximate surface area is 150 Å². The van der Waals surface area contributed by atoms with Crippen LogP contribution in [0, 0.1) is 0 Å². The third-order valence-corrected chi connectivity index (χ3v) is 4.95. The monoisotopic (exact) mass is 346 g/mol. The van der Waals surface area contributed by atoms with Gasteiger partial charge in [0.25, 0.3) is 0 Å². The van der Waals surface area contributed by atoms with E-state index in [1.165, 1.54) is 25.8 Å². The van der Waals surface area contributed by atoms with Crippen LogP contribution in [0.4, 0.5) is 0 Å². The van der Waals surface area contributed by atoms with E-state index in [-0.39, 0.29) is 6.10 Å². The highest BCUT2D eigenvalue weighted by Gasteiger charge is 2.22. The van der Waals surface area contributed by atoms with Gasteiger partial charge in [-0.15, -0.1) is 0 Å². The van der Waals surface area contributed by atoms with Gasteiger partial charge in [-0.3, -0.25) is 9.89 Å². The van der Waals surface area contributed by atoms with Gasteiger partial charge in [-0.25, -0.2) is 0 Å². The van der Waals surface area contributed by atoms with Crippen molar-refractivity contribution in [1.82, 2.24) is 15.5 Å². The van der Waals surface area contributed by atoms with Crippen molar-refractivity contribution in [2.45, 2.75) is 38.3 Å². The number of nitrogens with one attached hydrogen (secondary N) is 2. The summed E-state index contributed by atoms with van der Waals surface area (Å²) in [5, 5.41) is 6.82. The fourth-order valence-electron chi connectivity index (χ4n) is 3.52. The summed E-state index contributed by atoms with van der Waals surface area (Å²) in [6.07, 6.45) is 3.88. The molecule has 2 N–H and O–H groups in total. The Morgan fingerprint density at radius 1 is 1.20 bits per heavy atom. The second kappa shape index (κ2) is 8.94. The van der Waals surface area contributed by atoms with E-state index in [1.54, 1.807) is 7.05 Å². The Kier molecular flexibility index (Phi) is 6.39. The Bertz CT molecular complexity index is 578. The van der Waals surface area contributed by atoms with Crippen LogP contribution in [0.3, 0.4) is 0 Å². The second-order valence-electron chi connectivity index (χ2n) is 6.61. The van der Waals surface area contributed by atoms with Crippen LogP contribution in [0.2, 0.25) is 0 Å². The fraction of sp³-hybridized carbons (Fsp3) is 0.632. The first-order valence-electron chi connectivity index (χ1n) is 9.37. The maximum absolute atomic E-state index is 5.98. The molecule has 25 heavy (non-hydrogen) atoms. The number of aliphatic imine (C=N–C) groups is 1. The molecule has 6 nitrogen and oxygen atoms in total. The van der Waals surface area contributed by atoms with Gasteiger partial charge >= 0.3 is 0 Å². The van der Waals surface area contributed by atoms with Crippen molar-refractivity contribution < 1.29 is 9.47 Å². The number of ether oxygens (including phenoxy) is 2. The molecule has 0 bridgehead atoms. The zero-order valence-corrected chi connectivity index (χ0v) is 15.3. The molecule has 2 heterocycles. The SMILES string of the molecule is CCN1CCCCC1CNC(=NC)NCC1COc2ccccc2O1. The average Bonchev–Trinajstić information content (AvgIpc) is 2.68. The van der Waals surface area contributed by atoms with Crippen molar-refractivity contribution >= 4 is 5.96 Å². The number of likely N-dealkylation sites (tertiary alicyclic amines) is 1. The number of guanidine groups is 1. The second-order valence-corrected chi connectivity index (χ2v) is 6.61. The molecule has 2 unspecified atom stereocenters. The van der Waals surface area contributed by atoms with Gasteiger partial charge in [0.15, 0.2) is 17.5 Å². The van der Waals surface area contributed by atoms with Crippen LogP contribution in [0.25, 0.3) is 0 Å². The number of piperidine rings is 1. The zero-order valence-electron chi connectivity index (χ0n) is 15.3. The molecular weight excluding hydrogens is 316 g/mol. The highest BCUT2D eigenvalue weighted by molar-refractivity contribution is 5.79. The van der Waals surface area contributed by atoms with Crippen molar-refractivity contribution in [3.05, 3.63) is 24.3 Å². The van der Waals surface area contributed by atoms with Crippen LogP contribution >= 0.6 is 0 Å². The summed E-state index contributed by atoms with van der Waals surface area (Å²) in [6.45, 7) is 6.71. The standard InChI is InChI=1S/C19H30N4O2/c1-3-23-11-7-6-8-15(23)12-21-19(20-2)22-13-16-14-24-17-9-4-5-10-18(17)25-16/h4-5,9-10,15-16H,3,6-8,11-14H2,1-2H3,(H2,20,21,22). The van der Waals surface area contributed by atoms with Crippen LogP contribution in [0.5, 0.6) is 11.5 Å². The largest absolute Gasteiger partial charge is 0.486 e. The third-order valence-electron chi connectivity index (χ3n) is 4.95. The van der Waals surface area contributed by atoms with Gasteiger partial charge in [-0.1, -0.05) is 25.5 Å². The maximum Gasteiger partial charge on any atom is 0.191 e. The molecule has 0 aromatic heterocycles. The predicted octanol–water partition coefficient (Wildman–Crippen LogP) is 1.87. The number of hydrogen-bond acceptors (Lipinski definition) is 4. The molecule has 2 aliphatic rings. The van der Waals surface area contributed by atoms with Gasteiger partial charge in [0, 0.05) is 19.6 Å². The first kappa shape index (κ1) is 17.9. The summed E-state index contributed by atoms with van der Waals surface area (Å²) in [5.41, 5.74) is 0. The molecule has 1 aromatic rings. The predicted molar refractivity (Wildman–Crippen MR) is 101 cm³/mol. The Morgan fingerprint density at radius 2 is 2.00 bits per heavy atom. The zero-order chi connectivity index (χ0) is 17.5.